The molecule has 3 aromatic rings. The molecule has 2 aliphatic heterocycles. The number of hydrogen-bond donors (Lipinski definition) is 1. The lowest BCUT2D eigenvalue weighted by Gasteiger charge is -2.23. The zero-order valence-corrected chi connectivity index (χ0v) is 17.4. The molecular formula is C23H23F2N3O4. The van der Waals surface area contributed by atoms with Crippen molar-refractivity contribution < 1.29 is 27.8 Å². The lowest BCUT2D eigenvalue weighted by atomic mass is 10.0. The number of benzene rings is 2. The molecule has 32 heavy (non-hydrogen) atoms. The van der Waals surface area contributed by atoms with E-state index in [4.69, 9.17) is 19.3 Å². The van der Waals surface area contributed by atoms with Gasteiger partial charge in [-0.1, -0.05) is 18.2 Å². The maximum atomic E-state index is 14.2. The van der Waals surface area contributed by atoms with E-state index in [1.165, 1.54) is 0 Å². The van der Waals surface area contributed by atoms with Crippen LogP contribution in [0.4, 0.5) is 13.6 Å². The summed E-state index contributed by atoms with van der Waals surface area (Å²) in [7, 11) is 0. The van der Waals surface area contributed by atoms with Crippen molar-refractivity contribution in [2.24, 2.45) is 0 Å². The van der Waals surface area contributed by atoms with Crippen LogP contribution in [0.5, 0.6) is 5.75 Å². The summed E-state index contributed by atoms with van der Waals surface area (Å²) >= 11 is 0. The molecule has 1 atom stereocenters. The van der Waals surface area contributed by atoms with Gasteiger partial charge in [-0.3, -0.25) is 0 Å². The molecule has 1 amide bonds. The predicted octanol–water partition coefficient (Wildman–Crippen LogP) is 4.66. The van der Waals surface area contributed by atoms with Crippen LogP contribution >= 0.6 is 0 Å². The molecule has 4 bridgehead atoms. The van der Waals surface area contributed by atoms with Crippen molar-refractivity contribution >= 4 is 17.0 Å². The fourth-order valence-corrected chi connectivity index (χ4v) is 4.01. The van der Waals surface area contributed by atoms with Crippen LogP contribution in [0.15, 0.2) is 42.5 Å². The zero-order valence-electron chi connectivity index (χ0n) is 17.4. The van der Waals surface area contributed by atoms with E-state index in [1.807, 2.05) is 28.9 Å². The Balaban J connectivity index is 1.62. The van der Waals surface area contributed by atoms with Crippen molar-refractivity contribution in [2.45, 2.75) is 38.0 Å². The summed E-state index contributed by atoms with van der Waals surface area (Å²) in [4.78, 5) is 11.8. The lowest BCUT2D eigenvalue weighted by Crippen LogP contribution is -2.40. The highest BCUT2D eigenvalue weighted by molar-refractivity contribution is 5.94. The number of fused-ring (bicyclic) bond motifs is 4. The Labute approximate surface area is 183 Å². The molecule has 5 rings (SSSR count). The first-order valence-electron chi connectivity index (χ1n) is 10.6. The first-order chi connectivity index (χ1) is 15.5. The minimum absolute atomic E-state index is 0.0443. The Morgan fingerprint density at radius 2 is 2.03 bits per heavy atom. The van der Waals surface area contributed by atoms with E-state index < -0.39 is 25.2 Å². The molecule has 7 nitrogen and oxygen atoms in total. The number of alkyl halides is 2. The van der Waals surface area contributed by atoms with Gasteiger partial charge in [0.1, 0.15) is 18.1 Å². The Hall–Kier alpha value is -3.20. The molecule has 0 radical (unpaired) electrons. The number of halogens is 2. The fraction of sp³-hybridized carbons (Fsp3) is 0.391. The van der Waals surface area contributed by atoms with Gasteiger partial charge < -0.3 is 19.5 Å². The molecule has 1 unspecified atom stereocenters. The lowest BCUT2D eigenvalue weighted by molar-refractivity contribution is -0.0386. The number of rotatable bonds is 1. The van der Waals surface area contributed by atoms with Gasteiger partial charge in [0.2, 0.25) is 0 Å². The Morgan fingerprint density at radius 3 is 2.88 bits per heavy atom. The van der Waals surface area contributed by atoms with Gasteiger partial charge >= 0.3 is 6.09 Å². The van der Waals surface area contributed by atoms with Crippen LogP contribution < -0.4 is 10.1 Å². The molecule has 1 saturated heterocycles. The quantitative estimate of drug-likeness (QED) is 0.592. The molecular weight excluding hydrogens is 420 g/mol. The number of ether oxygens (including phenoxy) is 3. The molecule has 168 valence electrons. The summed E-state index contributed by atoms with van der Waals surface area (Å²) in [6, 6.07) is 12.7. The van der Waals surface area contributed by atoms with Crippen LogP contribution in [0, 0.1) is 0 Å². The molecule has 0 spiro atoms. The molecule has 0 saturated carbocycles. The summed E-state index contributed by atoms with van der Waals surface area (Å²) in [5.41, 5.74) is 3.08. The molecule has 1 aromatic heterocycles. The number of carbonyl (C=O) groups is 1. The fourth-order valence-electron chi connectivity index (χ4n) is 4.01. The molecule has 1 fully saturated rings. The second-order valence-corrected chi connectivity index (χ2v) is 8.07. The third-order valence-electron chi connectivity index (χ3n) is 5.62. The third kappa shape index (κ3) is 4.25. The maximum Gasteiger partial charge on any atom is 0.407 e. The van der Waals surface area contributed by atoms with Crippen LogP contribution in [-0.4, -0.2) is 41.6 Å². The zero-order chi connectivity index (χ0) is 22.1. The van der Waals surface area contributed by atoms with Crippen LogP contribution in [0.25, 0.3) is 22.2 Å². The molecule has 1 N–H and O–H groups in total. The van der Waals surface area contributed by atoms with Gasteiger partial charge in [0.05, 0.1) is 12.1 Å². The Kier molecular flexibility index (Phi) is 5.42. The topological polar surface area (TPSA) is 74.6 Å². The van der Waals surface area contributed by atoms with E-state index in [0.717, 1.165) is 41.3 Å². The highest BCUT2D eigenvalue weighted by atomic mass is 19.3. The van der Waals surface area contributed by atoms with Crippen molar-refractivity contribution in [3.63, 3.8) is 0 Å². The van der Waals surface area contributed by atoms with E-state index in [0.29, 0.717) is 18.1 Å². The van der Waals surface area contributed by atoms with Gasteiger partial charge in [0, 0.05) is 17.6 Å². The summed E-state index contributed by atoms with van der Waals surface area (Å²) < 4.78 is 46.7. The number of hydrogen-bond acceptors (Lipinski definition) is 5. The third-order valence-corrected chi connectivity index (χ3v) is 5.62. The van der Waals surface area contributed by atoms with Crippen molar-refractivity contribution in [3.8, 4) is 17.0 Å². The van der Waals surface area contributed by atoms with Crippen LogP contribution in [-0.2, 0) is 16.1 Å². The first kappa shape index (κ1) is 20.7. The van der Waals surface area contributed by atoms with E-state index in [-0.39, 0.29) is 12.8 Å². The first-order valence-corrected chi connectivity index (χ1v) is 10.6. The standard InChI is InChI=1S/C23H23F2N3O4/c24-23(25)13-26-22(29)31-12-15-4-3-5-16(10-15)21-18-11-17(32-14-23)7-8-19(18)28(27-21)20-6-1-2-9-30-20/h3-5,7-8,10-11,20H,1-2,6,9,12-14H2,(H,26,29). The summed E-state index contributed by atoms with van der Waals surface area (Å²) in [5.74, 6) is -2.95. The molecule has 2 aromatic carbocycles. The Bertz CT molecular complexity index is 1140. The number of nitrogens with one attached hydrogen (secondary N) is 1. The number of nitrogens with zero attached hydrogens (tertiary/aromatic N) is 2. The molecule has 3 heterocycles. The van der Waals surface area contributed by atoms with Crippen molar-refractivity contribution in [3.05, 3.63) is 48.0 Å². The molecule has 9 heteroatoms. The van der Waals surface area contributed by atoms with E-state index >= 15 is 0 Å². The minimum Gasteiger partial charge on any atom is -0.487 e. The van der Waals surface area contributed by atoms with Gasteiger partial charge in [-0.25, -0.2) is 18.3 Å². The van der Waals surface area contributed by atoms with Crippen LogP contribution in [0.3, 0.4) is 0 Å². The summed E-state index contributed by atoms with van der Waals surface area (Å²) in [5, 5.41) is 7.72. The van der Waals surface area contributed by atoms with E-state index in [9.17, 15) is 13.6 Å². The average molecular weight is 443 g/mol. The largest absolute Gasteiger partial charge is 0.487 e. The molecule has 2 aliphatic rings. The van der Waals surface area contributed by atoms with Gasteiger partial charge in [0.15, 0.2) is 12.8 Å². The number of aromatic nitrogens is 2. The highest BCUT2D eigenvalue weighted by Crippen LogP contribution is 2.35. The highest BCUT2D eigenvalue weighted by Gasteiger charge is 2.31. The maximum absolute atomic E-state index is 14.2. The van der Waals surface area contributed by atoms with Gasteiger partial charge in [0.25, 0.3) is 5.92 Å². The predicted molar refractivity (Wildman–Crippen MR) is 113 cm³/mol. The van der Waals surface area contributed by atoms with Crippen molar-refractivity contribution in [1.82, 2.24) is 15.1 Å². The van der Waals surface area contributed by atoms with E-state index in [2.05, 4.69) is 5.32 Å². The Morgan fingerprint density at radius 1 is 1.12 bits per heavy atom. The molecule has 0 aliphatic carbocycles. The normalized spacial score (nSPS) is 21.2. The summed E-state index contributed by atoms with van der Waals surface area (Å²) in [6.07, 6.45) is 1.82. The van der Waals surface area contributed by atoms with Crippen LogP contribution in [0.1, 0.15) is 31.1 Å². The monoisotopic (exact) mass is 443 g/mol. The van der Waals surface area contributed by atoms with Gasteiger partial charge in [-0.2, -0.15) is 5.10 Å². The summed E-state index contributed by atoms with van der Waals surface area (Å²) in [6.45, 7) is -1.12. The second kappa shape index (κ2) is 8.38. The van der Waals surface area contributed by atoms with Crippen molar-refractivity contribution in [1.29, 1.82) is 0 Å². The second-order valence-electron chi connectivity index (χ2n) is 8.07. The number of cyclic esters (lactones) is 1. The number of amides is 1. The number of alkyl carbamates (subject to hydrolysis) is 1. The smallest absolute Gasteiger partial charge is 0.407 e. The minimum atomic E-state index is -3.26. The van der Waals surface area contributed by atoms with Gasteiger partial charge in [-0.15, -0.1) is 0 Å². The van der Waals surface area contributed by atoms with Crippen LogP contribution in [0.2, 0.25) is 0 Å². The van der Waals surface area contributed by atoms with E-state index in [1.54, 1.807) is 18.2 Å². The van der Waals surface area contributed by atoms with Crippen molar-refractivity contribution in [2.75, 3.05) is 19.8 Å². The number of carbonyl (C=O) groups excluding carboxylic acids is 1. The average Bonchev–Trinajstić information content (AvgIpc) is 3.19. The van der Waals surface area contributed by atoms with Gasteiger partial charge in [-0.05, 0) is 49.1 Å². The SMILES string of the molecule is O=C1NCC(F)(F)COc2ccc3c(c2)c(nn3C2CCCCO2)-c2cccc(c2)CO1.